The smallest absolute Gasteiger partial charge is 0.226 e. The summed E-state index contributed by atoms with van der Waals surface area (Å²) in [6, 6.07) is 0.395. The summed E-state index contributed by atoms with van der Waals surface area (Å²) in [6.45, 7) is 3.21. The second-order valence-corrected chi connectivity index (χ2v) is 3.03. The lowest BCUT2D eigenvalue weighted by molar-refractivity contribution is -0.698. The Balaban J connectivity index is 2.47. The normalized spacial score (nSPS) is 33.7. The molecule has 0 aromatic rings. The molecule has 0 aromatic heterocycles. The van der Waals surface area contributed by atoms with E-state index in [1.807, 2.05) is 0 Å². The molecule has 1 aliphatic rings. The van der Waals surface area contributed by atoms with Crippen molar-refractivity contribution in [3.8, 4) is 0 Å². The summed E-state index contributed by atoms with van der Waals surface area (Å²) >= 11 is 0. The van der Waals surface area contributed by atoms with E-state index in [-0.39, 0.29) is 11.8 Å². The zero-order valence-electron chi connectivity index (χ0n) is 6.34. The number of hydrogen-bond donors (Lipinski definition) is 2. The van der Waals surface area contributed by atoms with Crippen LogP contribution in [-0.4, -0.2) is 18.5 Å². The molecule has 1 fully saturated rings. The first kappa shape index (κ1) is 7.54. The van der Waals surface area contributed by atoms with Crippen molar-refractivity contribution in [1.29, 1.82) is 0 Å². The van der Waals surface area contributed by atoms with Crippen LogP contribution in [0.4, 0.5) is 0 Å². The molecule has 1 heterocycles. The van der Waals surface area contributed by atoms with Gasteiger partial charge in [-0.2, -0.15) is 0 Å². The Labute approximate surface area is 61.0 Å². The molecular weight excluding hydrogens is 128 g/mol. The molecule has 4 N–H and O–H groups in total. The van der Waals surface area contributed by atoms with Crippen molar-refractivity contribution in [3.63, 3.8) is 0 Å². The number of nitrogens with two attached hydrogens (primary N) is 2. The molecular formula is C7H15N2O+. The number of carbonyl (C=O) groups excluding carboxylic acids is 1. The number of rotatable bonds is 1. The highest BCUT2D eigenvalue weighted by Crippen LogP contribution is 2.10. The van der Waals surface area contributed by atoms with Gasteiger partial charge >= 0.3 is 0 Å². The van der Waals surface area contributed by atoms with Crippen LogP contribution in [0, 0.1) is 5.92 Å². The van der Waals surface area contributed by atoms with E-state index >= 15 is 0 Å². The molecule has 0 unspecified atom stereocenters. The summed E-state index contributed by atoms with van der Waals surface area (Å²) in [4.78, 5) is 10.8. The fraction of sp³-hybridized carbons (Fsp3) is 0.857. The van der Waals surface area contributed by atoms with Gasteiger partial charge in [0.05, 0.1) is 18.5 Å². The van der Waals surface area contributed by atoms with Crippen LogP contribution < -0.4 is 11.1 Å². The lowest BCUT2D eigenvalue weighted by atomic mass is 9.92. The SMILES string of the molecule is C[C@H]1[NH2+]CCC[C@H]1C(N)=O. The van der Waals surface area contributed by atoms with E-state index in [9.17, 15) is 4.79 Å². The van der Waals surface area contributed by atoms with Crippen LogP contribution in [0.3, 0.4) is 0 Å². The molecule has 1 rings (SSSR count). The van der Waals surface area contributed by atoms with Gasteiger partial charge in [-0.1, -0.05) is 0 Å². The van der Waals surface area contributed by atoms with E-state index in [2.05, 4.69) is 12.2 Å². The minimum absolute atomic E-state index is 0.105. The maximum absolute atomic E-state index is 10.8. The van der Waals surface area contributed by atoms with Crippen molar-refractivity contribution in [2.24, 2.45) is 11.7 Å². The molecule has 1 amide bonds. The van der Waals surface area contributed by atoms with Crippen molar-refractivity contribution < 1.29 is 10.1 Å². The summed E-state index contributed by atoms with van der Waals surface area (Å²) < 4.78 is 0. The first-order valence-corrected chi connectivity index (χ1v) is 3.84. The van der Waals surface area contributed by atoms with Gasteiger partial charge < -0.3 is 11.1 Å². The second-order valence-electron chi connectivity index (χ2n) is 3.03. The number of piperidine rings is 1. The van der Waals surface area contributed by atoms with Crippen LogP contribution in [-0.2, 0) is 4.79 Å². The molecule has 0 aromatic carbocycles. The maximum atomic E-state index is 10.8. The van der Waals surface area contributed by atoms with Crippen molar-refractivity contribution in [1.82, 2.24) is 0 Å². The lowest BCUT2D eigenvalue weighted by Gasteiger charge is -2.23. The third kappa shape index (κ3) is 1.48. The van der Waals surface area contributed by atoms with Crippen LogP contribution in [0.2, 0.25) is 0 Å². The highest BCUT2D eigenvalue weighted by atomic mass is 16.1. The standard InChI is InChI=1S/C7H14N2O/c1-5-6(7(8)10)3-2-4-9-5/h5-6,9H,2-4H2,1H3,(H2,8,10)/p+1/t5-,6-/m1/s1. The molecule has 0 radical (unpaired) electrons. The predicted octanol–water partition coefficient (Wildman–Crippen LogP) is -1.17. The first-order valence-electron chi connectivity index (χ1n) is 3.84. The monoisotopic (exact) mass is 143 g/mol. The van der Waals surface area contributed by atoms with Gasteiger partial charge in [-0.3, -0.25) is 4.79 Å². The van der Waals surface area contributed by atoms with E-state index < -0.39 is 0 Å². The molecule has 1 aliphatic heterocycles. The Morgan fingerprint density at radius 3 is 2.80 bits per heavy atom. The fourth-order valence-corrected chi connectivity index (χ4v) is 1.55. The third-order valence-corrected chi connectivity index (χ3v) is 2.26. The largest absolute Gasteiger partial charge is 0.369 e. The highest BCUT2D eigenvalue weighted by Gasteiger charge is 2.28. The number of carbonyl (C=O) groups is 1. The molecule has 0 bridgehead atoms. The van der Waals surface area contributed by atoms with Crippen LogP contribution in [0.1, 0.15) is 19.8 Å². The van der Waals surface area contributed by atoms with Gasteiger partial charge in [0.15, 0.2) is 0 Å². The Bertz CT molecular complexity index is 136. The third-order valence-electron chi connectivity index (χ3n) is 2.26. The molecule has 2 atom stereocenters. The topological polar surface area (TPSA) is 59.7 Å². The van der Waals surface area contributed by atoms with Gasteiger partial charge in [0, 0.05) is 0 Å². The van der Waals surface area contributed by atoms with E-state index in [1.54, 1.807) is 0 Å². The van der Waals surface area contributed by atoms with Gasteiger partial charge in [-0.05, 0) is 19.8 Å². The van der Waals surface area contributed by atoms with Gasteiger partial charge in [0.2, 0.25) is 5.91 Å². The van der Waals surface area contributed by atoms with Crippen LogP contribution in [0.5, 0.6) is 0 Å². The fourth-order valence-electron chi connectivity index (χ4n) is 1.55. The molecule has 0 aliphatic carbocycles. The quantitative estimate of drug-likeness (QED) is 0.477. The molecule has 58 valence electrons. The molecule has 3 nitrogen and oxygen atoms in total. The Kier molecular flexibility index (Phi) is 2.27. The van der Waals surface area contributed by atoms with E-state index in [0.29, 0.717) is 6.04 Å². The van der Waals surface area contributed by atoms with Crippen LogP contribution in [0.15, 0.2) is 0 Å². The molecule has 0 spiro atoms. The zero-order chi connectivity index (χ0) is 7.56. The van der Waals surface area contributed by atoms with E-state index in [1.165, 1.54) is 0 Å². The molecule has 10 heavy (non-hydrogen) atoms. The summed E-state index contributed by atoms with van der Waals surface area (Å²) in [5.41, 5.74) is 5.20. The average molecular weight is 143 g/mol. The number of primary amides is 1. The summed E-state index contributed by atoms with van der Waals surface area (Å²) in [5.74, 6) is -0.0304. The van der Waals surface area contributed by atoms with Gasteiger partial charge in [0.1, 0.15) is 0 Å². The van der Waals surface area contributed by atoms with Crippen molar-refractivity contribution in [2.45, 2.75) is 25.8 Å². The summed E-state index contributed by atoms with van der Waals surface area (Å²) in [6.07, 6.45) is 2.10. The highest BCUT2D eigenvalue weighted by molar-refractivity contribution is 5.77. The lowest BCUT2D eigenvalue weighted by Crippen LogP contribution is -2.93. The average Bonchev–Trinajstić information content (AvgIpc) is 1.88. The Morgan fingerprint density at radius 2 is 2.40 bits per heavy atom. The van der Waals surface area contributed by atoms with Crippen molar-refractivity contribution in [2.75, 3.05) is 6.54 Å². The summed E-state index contributed by atoms with van der Waals surface area (Å²) in [5, 5.41) is 2.19. The van der Waals surface area contributed by atoms with Crippen LogP contribution >= 0.6 is 0 Å². The molecule has 1 saturated heterocycles. The minimum Gasteiger partial charge on any atom is -0.369 e. The minimum atomic E-state index is -0.136. The van der Waals surface area contributed by atoms with Gasteiger partial charge in [0.25, 0.3) is 0 Å². The van der Waals surface area contributed by atoms with Gasteiger partial charge in [-0.15, -0.1) is 0 Å². The second kappa shape index (κ2) is 3.01. The van der Waals surface area contributed by atoms with E-state index in [4.69, 9.17) is 5.73 Å². The van der Waals surface area contributed by atoms with E-state index in [0.717, 1.165) is 19.4 Å². The first-order chi connectivity index (χ1) is 4.72. The Hall–Kier alpha value is -0.570. The van der Waals surface area contributed by atoms with Crippen LogP contribution in [0.25, 0.3) is 0 Å². The zero-order valence-corrected chi connectivity index (χ0v) is 6.34. The molecule has 0 saturated carbocycles. The maximum Gasteiger partial charge on any atom is 0.226 e. The number of amides is 1. The number of quaternary nitrogens is 1. The number of hydrogen-bond acceptors (Lipinski definition) is 1. The Morgan fingerprint density at radius 1 is 1.70 bits per heavy atom. The predicted molar refractivity (Wildman–Crippen MR) is 38.2 cm³/mol. The van der Waals surface area contributed by atoms with Gasteiger partial charge in [-0.25, -0.2) is 0 Å². The van der Waals surface area contributed by atoms with Crippen molar-refractivity contribution in [3.05, 3.63) is 0 Å². The molecule has 3 heteroatoms. The van der Waals surface area contributed by atoms with Crippen molar-refractivity contribution >= 4 is 5.91 Å². The summed E-state index contributed by atoms with van der Waals surface area (Å²) in [7, 11) is 0.